The molecule has 0 fully saturated rings. The van der Waals surface area contributed by atoms with Crippen LogP contribution in [0, 0.1) is 0 Å². The first-order valence-electron chi connectivity index (χ1n) is 31.8. The predicted molar refractivity (Wildman–Crippen MR) is 315 cm³/mol. The number of nitrogens with zero attached hydrogens (tertiary/aromatic N) is 1. The number of unbranched alkanes of at least 4 members (excludes halogenated alkanes) is 41. The summed E-state index contributed by atoms with van der Waals surface area (Å²) in [7, 11) is 1.42. The fraction of sp³-hybridized carbons (Fsp3) is 0.921. The Kier molecular flexibility index (Phi) is 53.5. The van der Waals surface area contributed by atoms with E-state index in [1.54, 1.807) is 0 Å². The molecule has 10 heteroatoms. The molecular formula is C63H126N2O7P+. The van der Waals surface area contributed by atoms with Crippen LogP contribution in [0.25, 0.3) is 0 Å². The maximum atomic E-state index is 13.0. The number of allylic oxidation sites excluding steroid dienone is 4. The normalized spacial score (nSPS) is 14.4. The highest BCUT2D eigenvalue weighted by atomic mass is 31.2. The second-order valence-corrected chi connectivity index (χ2v) is 24.7. The molecule has 0 radical (unpaired) electrons. The lowest BCUT2D eigenvalue weighted by atomic mass is 10.0. The quantitative estimate of drug-likeness (QED) is 0.0207. The molecule has 73 heavy (non-hydrogen) atoms. The molecule has 0 saturated carbocycles. The molecule has 4 atom stereocenters. The minimum absolute atomic E-state index is 0.0159. The molecule has 4 N–H and O–H groups in total. The summed E-state index contributed by atoms with van der Waals surface area (Å²) < 4.78 is 23.6. The molecule has 0 aromatic heterocycles. The summed E-state index contributed by atoms with van der Waals surface area (Å²) in [5.41, 5.74) is 0. The number of likely N-dealkylation sites (N-methyl/N-ethyl adjacent to an activating group) is 1. The molecule has 0 rings (SSSR count). The van der Waals surface area contributed by atoms with E-state index in [0.717, 1.165) is 44.9 Å². The molecule has 0 aromatic rings. The molecule has 4 unspecified atom stereocenters. The van der Waals surface area contributed by atoms with E-state index < -0.39 is 32.7 Å². The van der Waals surface area contributed by atoms with E-state index in [-0.39, 0.29) is 18.9 Å². The van der Waals surface area contributed by atoms with Gasteiger partial charge in [0.05, 0.1) is 39.9 Å². The van der Waals surface area contributed by atoms with Crippen molar-refractivity contribution in [3.8, 4) is 0 Å². The smallest absolute Gasteiger partial charge is 0.390 e. The number of amides is 1. The van der Waals surface area contributed by atoms with Crippen LogP contribution in [0.15, 0.2) is 24.3 Å². The zero-order valence-corrected chi connectivity index (χ0v) is 50.2. The minimum Gasteiger partial charge on any atom is -0.390 e. The molecule has 0 spiro atoms. The van der Waals surface area contributed by atoms with Gasteiger partial charge in [-0.05, 0) is 51.4 Å². The lowest BCUT2D eigenvalue weighted by Crippen LogP contribution is -2.51. The van der Waals surface area contributed by atoms with Crippen molar-refractivity contribution in [2.24, 2.45) is 0 Å². The van der Waals surface area contributed by atoms with Crippen LogP contribution in [0.1, 0.15) is 316 Å². The Bertz CT molecular complexity index is 1260. The van der Waals surface area contributed by atoms with E-state index >= 15 is 0 Å². The number of carbonyl (C=O) groups excluding carboxylic acids is 1. The molecule has 0 aliphatic rings. The van der Waals surface area contributed by atoms with Crippen molar-refractivity contribution in [2.75, 3.05) is 40.9 Å². The van der Waals surface area contributed by atoms with Crippen molar-refractivity contribution >= 4 is 13.7 Å². The Morgan fingerprint density at radius 2 is 0.781 bits per heavy atom. The monoisotopic (exact) mass is 1050 g/mol. The zero-order chi connectivity index (χ0) is 53.6. The molecule has 434 valence electrons. The fourth-order valence-electron chi connectivity index (χ4n) is 9.75. The second-order valence-electron chi connectivity index (χ2n) is 23.3. The van der Waals surface area contributed by atoms with Crippen LogP contribution in [-0.2, 0) is 18.4 Å². The van der Waals surface area contributed by atoms with Crippen LogP contribution in [0.4, 0.5) is 0 Å². The van der Waals surface area contributed by atoms with Gasteiger partial charge in [0.1, 0.15) is 19.3 Å². The summed E-state index contributed by atoms with van der Waals surface area (Å²) in [6, 6.07) is -1.05. The van der Waals surface area contributed by atoms with Crippen molar-refractivity contribution in [2.45, 2.75) is 334 Å². The standard InChI is InChI=1S/C63H125N2O7P/c1-6-8-10-12-14-16-18-20-21-22-23-24-25-26-27-28-29-30-31-32-33-34-35-36-37-38-39-40-41-42-43-44-46-48-50-52-54-56-62(67)64-60(59-72-73(69,70)71-58-57-65(3,4)5)63(68)61(66)55-53-51-49-47-45-19-17-15-13-11-9-7-2/h15,17,47,49,60-61,63,66,68H,6-14,16,18-46,48,50-59H2,1-5H3,(H-,64,67,69,70)/p+1/b17-15+,49-47+. The van der Waals surface area contributed by atoms with Gasteiger partial charge in [-0.2, -0.15) is 0 Å². The number of quaternary nitrogens is 1. The van der Waals surface area contributed by atoms with E-state index in [0.29, 0.717) is 23.9 Å². The summed E-state index contributed by atoms with van der Waals surface area (Å²) >= 11 is 0. The molecule has 0 heterocycles. The van der Waals surface area contributed by atoms with Crippen molar-refractivity contribution in [1.29, 1.82) is 0 Å². The Morgan fingerprint density at radius 3 is 1.14 bits per heavy atom. The first kappa shape index (κ1) is 71.9. The highest BCUT2D eigenvalue weighted by Crippen LogP contribution is 2.43. The second kappa shape index (κ2) is 54.3. The molecule has 0 saturated heterocycles. The lowest BCUT2D eigenvalue weighted by molar-refractivity contribution is -0.870. The molecule has 9 nitrogen and oxygen atoms in total. The molecule has 0 bridgehead atoms. The fourth-order valence-corrected chi connectivity index (χ4v) is 10.5. The summed E-state index contributed by atoms with van der Waals surface area (Å²) in [5, 5.41) is 24.8. The van der Waals surface area contributed by atoms with Crippen molar-refractivity contribution in [3.63, 3.8) is 0 Å². The van der Waals surface area contributed by atoms with Crippen LogP contribution >= 0.6 is 7.82 Å². The predicted octanol–water partition coefficient (Wildman–Crippen LogP) is 18.5. The van der Waals surface area contributed by atoms with Gasteiger partial charge in [-0.3, -0.25) is 13.8 Å². The Balaban J connectivity index is 3.93. The molecular weight excluding hydrogens is 928 g/mol. The average molecular weight is 1050 g/mol. The first-order valence-corrected chi connectivity index (χ1v) is 33.3. The molecule has 0 aliphatic carbocycles. The van der Waals surface area contributed by atoms with Crippen LogP contribution in [0.3, 0.4) is 0 Å². The summed E-state index contributed by atoms with van der Waals surface area (Å²) in [6.45, 7) is 4.58. The van der Waals surface area contributed by atoms with Gasteiger partial charge in [0.15, 0.2) is 0 Å². The number of aliphatic hydroxyl groups excluding tert-OH is 2. The maximum absolute atomic E-state index is 13.0. The van der Waals surface area contributed by atoms with Crippen LogP contribution in [-0.4, -0.2) is 84.6 Å². The highest BCUT2D eigenvalue weighted by Gasteiger charge is 2.32. The van der Waals surface area contributed by atoms with Crippen LogP contribution < -0.4 is 5.32 Å². The van der Waals surface area contributed by atoms with Crippen LogP contribution in [0.2, 0.25) is 0 Å². The number of hydrogen-bond acceptors (Lipinski definition) is 6. The number of rotatable bonds is 59. The largest absolute Gasteiger partial charge is 0.472 e. The number of carbonyl (C=O) groups is 1. The number of hydrogen-bond donors (Lipinski definition) is 4. The molecule has 1 amide bonds. The van der Waals surface area contributed by atoms with Crippen molar-refractivity contribution in [3.05, 3.63) is 24.3 Å². The van der Waals surface area contributed by atoms with Crippen molar-refractivity contribution < 1.29 is 38.0 Å². The van der Waals surface area contributed by atoms with E-state index in [2.05, 4.69) is 43.5 Å². The third-order valence-corrected chi connectivity index (χ3v) is 15.8. The third-order valence-electron chi connectivity index (χ3n) is 14.8. The summed E-state index contributed by atoms with van der Waals surface area (Å²) in [6.07, 6.45) is 66.1. The minimum atomic E-state index is -4.43. The Labute approximate surface area is 454 Å². The van der Waals surface area contributed by atoms with Gasteiger partial charge in [0.25, 0.3) is 0 Å². The van der Waals surface area contributed by atoms with E-state index in [4.69, 9.17) is 9.05 Å². The van der Waals surface area contributed by atoms with Gasteiger partial charge in [-0.1, -0.05) is 282 Å². The number of phosphoric ester groups is 1. The summed E-state index contributed by atoms with van der Waals surface area (Å²) in [4.78, 5) is 23.3. The average Bonchev–Trinajstić information content (AvgIpc) is 3.35. The van der Waals surface area contributed by atoms with Crippen molar-refractivity contribution in [1.82, 2.24) is 5.32 Å². The van der Waals surface area contributed by atoms with Gasteiger partial charge >= 0.3 is 7.82 Å². The molecule has 0 aromatic carbocycles. The van der Waals surface area contributed by atoms with Gasteiger partial charge in [-0.15, -0.1) is 0 Å². The molecule has 0 aliphatic heterocycles. The Hall–Kier alpha value is -1.06. The van der Waals surface area contributed by atoms with E-state index in [1.165, 1.54) is 238 Å². The van der Waals surface area contributed by atoms with Crippen LogP contribution in [0.5, 0.6) is 0 Å². The number of aliphatic hydroxyl groups is 2. The van der Waals surface area contributed by atoms with E-state index in [1.807, 2.05) is 21.1 Å². The van der Waals surface area contributed by atoms with Gasteiger partial charge in [0, 0.05) is 6.42 Å². The van der Waals surface area contributed by atoms with E-state index in [9.17, 15) is 24.5 Å². The number of phosphoric acid groups is 1. The number of nitrogens with one attached hydrogen (secondary N) is 1. The Morgan fingerprint density at radius 1 is 0.466 bits per heavy atom. The van der Waals surface area contributed by atoms with Gasteiger partial charge in [-0.25, -0.2) is 4.57 Å². The van der Waals surface area contributed by atoms with Gasteiger partial charge < -0.3 is 24.9 Å². The highest BCUT2D eigenvalue weighted by molar-refractivity contribution is 7.47. The first-order chi connectivity index (χ1) is 35.4. The topological polar surface area (TPSA) is 125 Å². The zero-order valence-electron chi connectivity index (χ0n) is 49.3. The SMILES string of the molecule is CCCCC/C=C/CC/C=C/CCCC(O)C(O)C(COP(=O)(O)OCC[N+](C)(C)C)NC(=O)CCCCCCCCCCCCCCCCCCCCCCCCCCCCCCCCCCCCCCC. The lowest BCUT2D eigenvalue weighted by Gasteiger charge is -2.28. The summed E-state index contributed by atoms with van der Waals surface area (Å²) in [5.74, 6) is -0.266. The third kappa shape index (κ3) is 55.5. The van der Waals surface area contributed by atoms with Gasteiger partial charge in [0.2, 0.25) is 5.91 Å². The maximum Gasteiger partial charge on any atom is 0.472 e.